The van der Waals surface area contributed by atoms with Crippen molar-refractivity contribution < 1.29 is 61.6 Å². The largest absolute Gasteiger partial charge is 0.446 e. The van der Waals surface area contributed by atoms with E-state index < -0.39 is 17.6 Å². The summed E-state index contributed by atoms with van der Waals surface area (Å²) in [5.41, 5.74) is 16.1. The number of benzene rings is 9. The molecule has 6 aliphatic rings. The van der Waals surface area contributed by atoms with Crippen LogP contribution >= 0.6 is 0 Å². The molecule has 9 aromatic carbocycles. The fraction of sp³-hybridized carbons (Fsp3) is 0.422. The summed E-state index contributed by atoms with van der Waals surface area (Å²) < 4.78 is 13.2. The Kier molecular flexibility index (Phi) is 35.5. The van der Waals surface area contributed by atoms with Crippen LogP contribution in [-0.4, -0.2) is 262 Å². The van der Waals surface area contributed by atoms with Crippen molar-refractivity contribution >= 4 is 64.9 Å². The van der Waals surface area contributed by atoms with Gasteiger partial charge < -0.3 is 43.8 Å². The number of fused-ring (bicyclic) bond motifs is 3. The van der Waals surface area contributed by atoms with Crippen molar-refractivity contribution in [1.82, 2.24) is 34.3 Å². The van der Waals surface area contributed by atoms with E-state index in [2.05, 4.69) is 82.7 Å². The van der Waals surface area contributed by atoms with E-state index in [-0.39, 0.29) is 59.5 Å². The molecular weight excluding hydrogens is 1650 g/mol. The number of ether oxygens (including phenoxy) is 2. The minimum absolute atomic E-state index is 0.0593. The van der Waals surface area contributed by atoms with Gasteiger partial charge in [-0.05, 0) is 200 Å². The van der Waals surface area contributed by atoms with Crippen molar-refractivity contribution in [1.29, 1.82) is 0 Å². The number of para-hydroxylation sites is 2. The van der Waals surface area contributed by atoms with Crippen molar-refractivity contribution in [3.63, 3.8) is 0 Å². The summed E-state index contributed by atoms with van der Waals surface area (Å²) in [4.78, 5) is 128. The molecule has 0 spiro atoms. The van der Waals surface area contributed by atoms with Gasteiger partial charge >= 0.3 is 12.2 Å². The second kappa shape index (κ2) is 48.0. The van der Waals surface area contributed by atoms with Gasteiger partial charge in [0, 0.05) is 69.9 Å². The number of rotatable bonds is 42. The summed E-state index contributed by atoms with van der Waals surface area (Å²) in [6.07, 6.45) is 19.4. The van der Waals surface area contributed by atoms with Crippen LogP contribution < -0.4 is 16.4 Å². The summed E-state index contributed by atoms with van der Waals surface area (Å²) in [6.45, 7) is 15.6. The molecule has 1 unspecified atom stereocenters. The summed E-state index contributed by atoms with van der Waals surface area (Å²) in [6, 6.07) is 77.1. The number of carbonyl (C=O) groups is 9. The zero-order valence-electron chi connectivity index (χ0n) is 78.1. The highest BCUT2D eigenvalue weighted by molar-refractivity contribution is 6.23. The van der Waals surface area contributed by atoms with Crippen molar-refractivity contribution in [2.75, 3.05) is 164 Å². The molecule has 4 N–H and O–H groups in total. The van der Waals surface area contributed by atoms with E-state index in [4.69, 9.17) is 15.2 Å². The normalized spacial score (nSPS) is 16.2. The molecule has 23 nitrogen and oxygen atoms in total. The van der Waals surface area contributed by atoms with Gasteiger partial charge in [-0.15, -0.1) is 0 Å². The molecule has 132 heavy (non-hydrogen) atoms. The van der Waals surface area contributed by atoms with Crippen LogP contribution in [0.5, 0.6) is 0 Å². The number of nitrogens with one attached hydrogen (secondary N) is 2. The number of quaternary nitrogens is 2. The number of hydrogen-bond donors (Lipinski definition) is 3. The minimum Gasteiger partial charge on any atom is -0.446 e. The van der Waals surface area contributed by atoms with E-state index in [0.29, 0.717) is 59.6 Å². The molecule has 0 radical (unpaired) electrons. The average Bonchev–Trinajstić information content (AvgIpc) is 1.29. The number of nitrogens with zero attached hydrogens (tertiary/aromatic N) is 9. The van der Waals surface area contributed by atoms with Crippen LogP contribution in [0, 0.1) is 5.92 Å². The minimum atomic E-state index is -0.825. The fourth-order valence-electron chi connectivity index (χ4n) is 19.6. The molecule has 9 aromatic rings. The first-order valence-corrected chi connectivity index (χ1v) is 48.0. The van der Waals surface area contributed by atoms with Crippen molar-refractivity contribution in [3.8, 4) is 22.3 Å². The maximum atomic E-state index is 13.3. The molecule has 0 saturated carbocycles. The number of unbranched alkanes of at least 4 members (excludes halogenated alkanes) is 10. The van der Waals surface area contributed by atoms with E-state index >= 15 is 0 Å². The number of amides is 9. The standard InChI is InChI=1S/C38H48N4O3.C36H44N4O4.C35H42N4O4/c1-42(2,28-26-41-35(43)33-21-13-14-22-34(33)36(41)44)27-16-6-4-3-5-15-24-40-25-23-32(29-40)38(37(39)45,30-17-9-7-10-18-30)31-19-11-8-12-20-31;1-40(2,27-13-23-39-34(41)31-17-7-8-18-32(31)35(39)42)26-12-4-11-22-38-24-20-29(21-25-38)44-36(43)37-33-19-10-9-16-30(33)28-14-5-3-6-15-28;1-37(25-26-39-33(40)30-16-7-8-17-31(30)34(39)41)21-11-2-3-12-22-38-23-19-28(20-24-38)43-35(42)36-32-18-10-9-15-29(32)27-13-5-4-6-14-27/h7-14,17-22,32H,3-6,15-16,23-29H2,1-2H3,(H-,39,45);3,5-10,14-19,29H,4,11-13,20-27H2,1-2H3;4-10,13-18,28H,2-3,11-12,19-26H2,1H3,(H,36,42)/p+2. The van der Waals surface area contributed by atoms with E-state index in [1.165, 1.54) is 53.2 Å². The zero-order valence-corrected chi connectivity index (χ0v) is 78.1. The zero-order chi connectivity index (χ0) is 92.8. The predicted molar refractivity (Wildman–Crippen MR) is 522 cm³/mol. The number of likely N-dealkylation sites (N-methyl/N-ethyl adjacent to an activating group) is 2. The predicted octanol–water partition coefficient (Wildman–Crippen LogP) is 17.9. The maximum absolute atomic E-state index is 13.3. The van der Waals surface area contributed by atoms with E-state index in [9.17, 15) is 43.2 Å². The highest BCUT2D eigenvalue weighted by Gasteiger charge is 2.50. The molecule has 0 aromatic heterocycles. The second-order valence-electron chi connectivity index (χ2n) is 37.6. The van der Waals surface area contributed by atoms with Crippen LogP contribution in [0.3, 0.4) is 0 Å². The third-order valence-corrected chi connectivity index (χ3v) is 27.2. The van der Waals surface area contributed by atoms with Gasteiger partial charge in [0.25, 0.3) is 35.4 Å². The molecule has 696 valence electrons. The van der Waals surface area contributed by atoms with Crippen LogP contribution in [0.25, 0.3) is 22.3 Å². The molecule has 3 fully saturated rings. The van der Waals surface area contributed by atoms with Crippen molar-refractivity contribution in [2.45, 2.75) is 140 Å². The quantitative estimate of drug-likeness (QED) is 0.0183. The monoisotopic (exact) mass is 1790 g/mol. The Labute approximate surface area is 780 Å². The molecule has 6 heterocycles. The lowest BCUT2D eigenvalue weighted by Gasteiger charge is -2.37. The van der Waals surface area contributed by atoms with Crippen LogP contribution in [-0.2, 0) is 19.7 Å². The van der Waals surface area contributed by atoms with Crippen LogP contribution in [0.15, 0.2) is 243 Å². The first kappa shape index (κ1) is 97.7. The number of carbonyl (C=O) groups excluding carboxylic acids is 9. The molecular formula is C109H136N12O11+2. The van der Waals surface area contributed by atoms with Gasteiger partial charge in [0.15, 0.2) is 0 Å². The van der Waals surface area contributed by atoms with Crippen LogP contribution in [0.2, 0.25) is 0 Å². The lowest BCUT2D eigenvalue weighted by Crippen LogP contribution is -2.49. The van der Waals surface area contributed by atoms with Gasteiger partial charge in [-0.2, -0.15) is 0 Å². The molecule has 9 amide bonds. The van der Waals surface area contributed by atoms with E-state index in [1.54, 1.807) is 60.7 Å². The summed E-state index contributed by atoms with van der Waals surface area (Å²) in [5.74, 6) is -1.16. The molecule has 0 bridgehead atoms. The van der Waals surface area contributed by atoms with E-state index in [0.717, 1.165) is 229 Å². The van der Waals surface area contributed by atoms with E-state index in [1.807, 2.05) is 165 Å². The number of hydrogen-bond acceptors (Lipinski definition) is 15. The Balaban J connectivity index is 0.000000168. The summed E-state index contributed by atoms with van der Waals surface area (Å²) >= 11 is 0. The van der Waals surface area contributed by atoms with Gasteiger partial charge in [-0.1, -0.05) is 226 Å². The van der Waals surface area contributed by atoms with Crippen molar-refractivity contribution in [3.05, 3.63) is 287 Å². The second-order valence-corrected chi connectivity index (χ2v) is 37.6. The molecule has 23 heteroatoms. The molecule has 15 rings (SSSR count). The molecule has 3 saturated heterocycles. The Bertz CT molecular complexity index is 5170. The Morgan fingerprint density at radius 1 is 0.341 bits per heavy atom. The Morgan fingerprint density at radius 2 is 0.652 bits per heavy atom. The number of likely N-dealkylation sites (tertiary alicyclic amines) is 3. The SMILES string of the molecule is CN(CCCCCCN1CCC(OC(=O)Nc2ccccc2-c2ccccc2)CC1)CCN1C(=O)c2ccccc2C1=O.C[N+](C)(CCCCCCCCN1CCC(C(C(N)=O)(c2ccccc2)c2ccccc2)C1)CCN1C(=O)c2ccccc2C1=O.C[N+](C)(CCCCCN1CCC(OC(=O)Nc2ccccc2-c2ccccc2)CC1)CCCN1C(=O)c2ccccc2C1=O. The van der Waals surface area contributed by atoms with Gasteiger partial charge in [-0.3, -0.25) is 58.9 Å². The lowest BCUT2D eigenvalue weighted by atomic mass is 9.64. The van der Waals surface area contributed by atoms with Crippen LogP contribution in [0.4, 0.5) is 21.0 Å². The highest BCUT2D eigenvalue weighted by atomic mass is 16.6. The number of nitrogens with two attached hydrogens (primary N) is 1. The van der Waals surface area contributed by atoms with Gasteiger partial charge in [0.1, 0.15) is 17.6 Å². The third-order valence-electron chi connectivity index (χ3n) is 27.2. The lowest BCUT2D eigenvalue weighted by molar-refractivity contribution is -0.890. The number of anilines is 2. The van der Waals surface area contributed by atoms with Gasteiger partial charge in [-0.25, -0.2) is 9.59 Å². The number of piperidine rings is 2. The summed E-state index contributed by atoms with van der Waals surface area (Å²) in [7, 11) is 10.9. The fourth-order valence-corrected chi connectivity index (χ4v) is 19.6. The third kappa shape index (κ3) is 26.3. The topological polar surface area (TPSA) is 245 Å². The molecule has 6 aliphatic heterocycles. The highest BCUT2D eigenvalue weighted by Crippen LogP contribution is 2.44. The van der Waals surface area contributed by atoms with Crippen LogP contribution in [0.1, 0.15) is 195 Å². The molecule has 1 atom stereocenters. The smallest absolute Gasteiger partial charge is 0.411 e. The first-order chi connectivity index (χ1) is 64.0. The summed E-state index contributed by atoms with van der Waals surface area (Å²) in [5, 5.41) is 5.90. The number of imide groups is 3. The average molecular weight is 1790 g/mol. The number of primary amides is 1. The van der Waals surface area contributed by atoms with Gasteiger partial charge in [0.05, 0.1) is 106 Å². The Hall–Kier alpha value is -11.8. The Morgan fingerprint density at radius 3 is 1.06 bits per heavy atom. The molecule has 0 aliphatic carbocycles. The van der Waals surface area contributed by atoms with Crippen molar-refractivity contribution in [2.24, 2.45) is 11.7 Å². The first-order valence-electron chi connectivity index (χ1n) is 48.0. The van der Waals surface area contributed by atoms with Gasteiger partial charge in [0.2, 0.25) is 5.91 Å². The maximum Gasteiger partial charge on any atom is 0.411 e.